The Bertz CT molecular complexity index is 415. The van der Waals surface area contributed by atoms with E-state index in [2.05, 4.69) is 0 Å². The van der Waals surface area contributed by atoms with Gasteiger partial charge in [0, 0.05) is 0 Å². The summed E-state index contributed by atoms with van der Waals surface area (Å²) in [6, 6.07) is 10.1. The van der Waals surface area contributed by atoms with Crippen molar-refractivity contribution >= 4 is 5.97 Å². The zero-order valence-corrected chi connectivity index (χ0v) is 11.7. The Kier molecular flexibility index (Phi) is 4.59. The van der Waals surface area contributed by atoms with Gasteiger partial charge in [-0.1, -0.05) is 37.3 Å². The number of hydrogen-bond acceptors (Lipinski definition) is 3. The number of methoxy groups -OCH3 is 1. The van der Waals surface area contributed by atoms with Crippen molar-refractivity contribution in [3.63, 3.8) is 0 Å². The molecule has 1 fully saturated rings. The molecule has 3 nitrogen and oxygen atoms in total. The van der Waals surface area contributed by atoms with Gasteiger partial charge in [0.05, 0.1) is 25.2 Å². The molecule has 1 aliphatic carbocycles. The Morgan fingerprint density at radius 2 is 2.11 bits per heavy atom. The van der Waals surface area contributed by atoms with Crippen LogP contribution in [0.1, 0.15) is 38.2 Å². The van der Waals surface area contributed by atoms with E-state index in [-0.39, 0.29) is 12.1 Å². The molecule has 0 heterocycles. The topological polar surface area (TPSA) is 35.5 Å². The van der Waals surface area contributed by atoms with Crippen LogP contribution >= 0.6 is 0 Å². The van der Waals surface area contributed by atoms with Crippen LogP contribution in [-0.4, -0.2) is 19.2 Å². The van der Waals surface area contributed by atoms with Crippen molar-refractivity contribution in [1.29, 1.82) is 0 Å². The predicted molar refractivity (Wildman–Crippen MR) is 73.6 cm³/mol. The minimum absolute atomic E-state index is 0.0230. The first-order valence-electron chi connectivity index (χ1n) is 6.97. The average molecular weight is 262 g/mol. The Morgan fingerprint density at radius 1 is 1.37 bits per heavy atom. The van der Waals surface area contributed by atoms with Gasteiger partial charge in [-0.05, 0) is 31.2 Å². The molecule has 1 aliphatic rings. The highest BCUT2D eigenvalue weighted by Gasteiger charge is 2.49. The smallest absolute Gasteiger partial charge is 0.314 e. The maximum Gasteiger partial charge on any atom is 0.314 e. The zero-order chi connectivity index (χ0) is 13.7. The van der Waals surface area contributed by atoms with Gasteiger partial charge in [-0.25, -0.2) is 0 Å². The first kappa shape index (κ1) is 14.1. The number of carbonyl (C=O) groups excluding carboxylic acids is 1. The molecule has 2 unspecified atom stereocenters. The molecule has 104 valence electrons. The lowest BCUT2D eigenvalue weighted by molar-refractivity contribution is -0.162. The van der Waals surface area contributed by atoms with Crippen LogP contribution in [0.4, 0.5) is 0 Å². The summed E-state index contributed by atoms with van der Waals surface area (Å²) in [5.41, 5.74) is 0.702. The van der Waals surface area contributed by atoms with E-state index in [4.69, 9.17) is 9.47 Å². The second kappa shape index (κ2) is 6.20. The highest BCUT2D eigenvalue weighted by Crippen LogP contribution is 2.44. The highest BCUT2D eigenvalue weighted by molar-refractivity contribution is 5.77. The van der Waals surface area contributed by atoms with E-state index in [9.17, 15) is 4.79 Å². The van der Waals surface area contributed by atoms with Crippen molar-refractivity contribution in [1.82, 2.24) is 0 Å². The van der Waals surface area contributed by atoms with Crippen LogP contribution in [0.2, 0.25) is 0 Å². The van der Waals surface area contributed by atoms with Crippen LogP contribution in [0.15, 0.2) is 30.3 Å². The fourth-order valence-electron chi connectivity index (χ4n) is 3.04. The first-order valence-corrected chi connectivity index (χ1v) is 6.97. The minimum Gasteiger partial charge on any atom is -0.469 e. The Labute approximate surface area is 114 Å². The third-order valence-electron chi connectivity index (χ3n) is 4.22. The third kappa shape index (κ3) is 2.81. The molecule has 1 aromatic carbocycles. The molecule has 0 N–H and O–H groups in total. The number of carbonyl (C=O) groups is 1. The van der Waals surface area contributed by atoms with Crippen molar-refractivity contribution in [3.8, 4) is 0 Å². The molecule has 0 amide bonds. The molecule has 2 atom stereocenters. The average Bonchev–Trinajstić information content (AvgIpc) is 2.89. The molecule has 1 aromatic rings. The van der Waals surface area contributed by atoms with E-state index in [1.165, 1.54) is 7.11 Å². The molecule has 0 radical (unpaired) electrons. The van der Waals surface area contributed by atoms with E-state index in [1.54, 1.807) is 0 Å². The third-order valence-corrected chi connectivity index (χ3v) is 4.22. The fourth-order valence-corrected chi connectivity index (χ4v) is 3.04. The molecule has 0 bridgehead atoms. The number of hydrogen-bond donors (Lipinski definition) is 0. The van der Waals surface area contributed by atoms with Gasteiger partial charge in [-0.3, -0.25) is 4.79 Å². The lowest BCUT2D eigenvalue weighted by Crippen LogP contribution is -2.40. The van der Waals surface area contributed by atoms with Crippen LogP contribution < -0.4 is 0 Å². The van der Waals surface area contributed by atoms with Crippen LogP contribution in [0.3, 0.4) is 0 Å². The second-order valence-electron chi connectivity index (χ2n) is 5.18. The molecule has 0 aliphatic heterocycles. The molecule has 0 aromatic heterocycles. The van der Waals surface area contributed by atoms with Crippen molar-refractivity contribution in [2.45, 2.75) is 45.3 Å². The van der Waals surface area contributed by atoms with Crippen molar-refractivity contribution in [2.75, 3.05) is 7.11 Å². The van der Waals surface area contributed by atoms with Gasteiger partial charge in [-0.2, -0.15) is 0 Å². The van der Waals surface area contributed by atoms with Crippen LogP contribution in [0.5, 0.6) is 0 Å². The van der Waals surface area contributed by atoms with Crippen LogP contribution in [0, 0.1) is 5.41 Å². The van der Waals surface area contributed by atoms with Crippen molar-refractivity contribution in [2.24, 2.45) is 5.41 Å². The highest BCUT2D eigenvalue weighted by atomic mass is 16.5. The zero-order valence-electron chi connectivity index (χ0n) is 11.7. The number of rotatable bonds is 5. The fraction of sp³-hybridized carbons (Fsp3) is 0.562. The molecule has 19 heavy (non-hydrogen) atoms. The van der Waals surface area contributed by atoms with E-state index < -0.39 is 5.41 Å². The van der Waals surface area contributed by atoms with Gasteiger partial charge < -0.3 is 9.47 Å². The first-order chi connectivity index (χ1) is 9.23. The summed E-state index contributed by atoms with van der Waals surface area (Å²) in [6.07, 6.45) is 3.59. The van der Waals surface area contributed by atoms with E-state index in [0.29, 0.717) is 6.61 Å². The molecule has 0 saturated heterocycles. The van der Waals surface area contributed by atoms with Gasteiger partial charge in [0.15, 0.2) is 0 Å². The Morgan fingerprint density at radius 3 is 2.74 bits per heavy atom. The van der Waals surface area contributed by atoms with E-state index in [1.807, 2.05) is 37.3 Å². The summed E-state index contributed by atoms with van der Waals surface area (Å²) < 4.78 is 11.0. The summed E-state index contributed by atoms with van der Waals surface area (Å²) in [6.45, 7) is 2.60. The van der Waals surface area contributed by atoms with Crippen LogP contribution in [-0.2, 0) is 20.9 Å². The number of esters is 1. The summed E-state index contributed by atoms with van der Waals surface area (Å²) in [7, 11) is 1.46. The molecule has 3 heteroatoms. The molecular weight excluding hydrogens is 240 g/mol. The second-order valence-corrected chi connectivity index (χ2v) is 5.18. The molecular formula is C16H22O3. The molecule has 0 spiro atoms. The van der Waals surface area contributed by atoms with Gasteiger partial charge in [0.1, 0.15) is 0 Å². The maximum atomic E-state index is 12.1. The maximum absolute atomic E-state index is 12.1. The van der Waals surface area contributed by atoms with E-state index in [0.717, 1.165) is 31.2 Å². The predicted octanol–water partition coefficient (Wildman–Crippen LogP) is 3.33. The van der Waals surface area contributed by atoms with Gasteiger partial charge in [0.2, 0.25) is 0 Å². The van der Waals surface area contributed by atoms with Gasteiger partial charge >= 0.3 is 5.97 Å². The monoisotopic (exact) mass is 262 g/mol. The Hall–Kier alpha value is -1.35. The summed E-state index contributed by atoms with van der Waals surface area (Å²) in [4.78, 5) is 12.1. The lowest BCUT2D eigenvalue weighted by atomic mass is 9.81. The largest absolute Gasteiger partial charge is 0.469 e. The summed E-state index contributed by atoms with van der Waals surface area (Å²) >= 11 is 0. The molecule has 2 rings (SSSR count). The minimum atomic E-state index is -0.441. The SMILES string of the molecule is CCC1(C(=O)OC)CCCC1OCc1ccccc1. The standard InChI is InChI=1S/C16H22O3/c1-3-16(15(17)18-2)11-7-10-14(16)19-12-13-8-5-4-6-9-13/h4-6,8-9,14H,3,7,10-12H2,1-2H3. The van der Waals surface area contributed by atoms with Gasteiger partial charge in [0.25, 0.3) is 0 Å². The van der Waals surface area contributed by atoms with Crippen molar-refractivity contribution in [3.05, 3.63) is 35.9 Å². The number of benzene rings is 1. The summed E-state index contributed by atoms with van der Waals surface area (Å²) in [5, 5.41) is 0. The quantitative estimate of drug-likeness (QED) is 0.764. The Balaban J connectivity index is 2.04. The van der Waals surface area contributed by atoms with Crippen LogP contribution in [0.25, 0.3) is 0 Å². The number of ether oxygens (including phenoxy) is 2. The molecule has 1 saturated carbocycles. The normalized spacial score (nSPS) is 26.3. The van der Waals surface area contributed by atoms with Gasteiger partial charge in [-0.15, -0.1) is 0 Å². The van der Waals surface area contributed by atoms with Crippen molar-refractivity contribution < 1.29 is 14.3 Å². The summed E-state index contributed by atoms with van der Waals surface area (Å²) in [5.74, 6) is -0.120. The van der Waals surface area contributed by atoms with E-state index >= 15 is 0 Å². The lowest BCUT2D eigenvalue weighted by Gasteiger charge is -2.31.